The quantitative estimate of drug-likeness (QED) is 0.556. The molecule has 0 spiro atoms. The number of rotatable bonds is 2. The summed E-state index contributed by atoms with van der Waals surface area (Å²) in [5.74, 6) is -6.37. The van der Waals surface area contributed by atoms with E-state index in [2.05, 4.69) is 0 Å². The maximum atomic E-state index is 14.4. The molecule has 3 aliphatic rings. The highest BCUT2D eigenvalue weighted by atomic mass is 16.3. The first-order valence-electron chi connectivity index (χ1n) is 13.2. The van der Waals surface area contributed by atoms with E-state index in [9.17, 15) is 29.4 Å². The molecule has 0 aliphatic heterocycles. The Balaban J connectivity index is 1.83. The predicted octanol–water partition coefficient (Wildman–Crippen LogP) is 4.83. The third-order valence-corrected chi connectivity index (χ3v) is 10.1. The molecule has 7 unspecified atom stereocenters. The SMILES string of the molecule is CC(=O)C1C(=O)C2(O)C(=O)C3C(=O)c4c(O)cccc4/C(=C\c4ccc(C)cc4)C3(C)C(C)C2(C)CC1C. The van der Waals surface area contributed by atoms with Gasteiger partial charge in [0.1, 0.15) is 11.5 Å². The van der Waals surface area contributed by atoms with Crippen LogP contribution in [0.1, 0.15) is 68.1 Å². The molecule has 6 heteroatoms. The second-order valence-corrected chi connectivity index (χ2v) is 12.1. The maximum Gasteiger partial charge on any atom is 0.188 e. The highest BCUT2D eigenvalue weighted by Gasteiger charge is 2.76. The van der Waals surface area contributed by atoms with Crippen molar-refractivity contribution in [2.75, 3.05) is 0 Å². The molecule has 3 aliphatic carbocycles. The smallest absolute Gasteiger partial charge is 0.188 e. The number of aromatic hydroxyl groups is 1. The third-order valence-electron chi connectivity index (χ3n) is 10.1. The molecule has 2 saturated carbocycles. The summed E-state index contributed by atoms with van der Waals surface area (Å²) in [4.78, 5) is 54.8. The summed E-state index contributed by atoms with van der Waals surface area (Å²) in [5, 5.41) is 22.9. The van der Waals surface area contributed by atoms with Crippen molar-refractivity contribution in [3.05, 3.63) is 64.7 Å². The zero-order chi connectivity index (χ0) is 27.9. The van der Waals surface area contributed by atoms with Crippen molar-refractivity contribution in [1.29, 1.82) is 0 Å². The first kappa shape index (κ1) is 26.2. The first-order chi connectivity index (χ1) is 17.7. The van der Waals surface area contributed by atoms with Crippen LogP contribution in [-0.4, -0.2) is 38.9 Å². The number of aryl methyl sites for hydroxylation is 1. The number of allylic oxidation sites excluding steroid dienone is 1. The lowest BCUT2D eigenvalue weighted by Gasteiger charge is -2.64. The van der Waals surface area contributed by atoms with E-state index in [0.717, 1.165) is 11.1 Å². The third kappa shape index (κ3) is 3.10. The molecule has 0 aromatic heterocycles. The average molecular weight is 515 g/mol. The Morgan fingerprint density at radius 2 is 1.63 bits per heavy atom. The summed E-state index contributed by atoms with van der Waals surface area (Å²) < 4.78 is 0. The van der Waals surface area contributed by atoms with E-state index < -0.39 is 57.3 Å². The second-order valence-electron chi connectivity index (χ2n) is 12.1. The maximum absolute atomic E-state index is 14.4. The van der Waals surface area contributed by atoms with Crippen LogP contribution in [0, 0.1) is 41.4 Å². The number of phenols is 1. The summed E-state index contributed by atoms with van der Waals surface area (Å²) in [6, 6.07) is 12.7. The Morgan fingerprint density at radius 1 is 1.00 bits per heavy atom. The van der Waals surface area contributed by atoms with Gasteiger partial charge < -0.3 is 10.2 Å². The van der Waals surface area contributed by atoms with Crippen LogP contribution in [-0.2, 0) is 14.4 Å². The molecule has 6 nitrogen and oxygen atoms in total. The van der Waals surface area contributed by atoms with Gasteiger partial charge in [0.25, 0.3) is 0 Å². The summed E-state index contributed by atoms with van der Waals surface area (Å²) in [6.07, 6.45) is 2.22. The summed E-state index contributed by atoms with van der Waals surface area (Å²) in [6.45, 7) is 10.6. The number of ketones is 4. The number of carbonyl (C=O) groups excluding carboxylic acids is 4. The van der Waals surface area contributed by atoms with E-state index in [0.29, 0.717) is 11.1 Å². The number of aliphatic hydroxyl groups is 1. The van der Waals surface area contributed by atoms with Gasteiger partial charge in [0, 0.05) is 10.8 Å². The standard InChI is InChI=1S/C32H34O6/c1-16-10-12-20(13-11-16)14-22-21-8-7-9-23(34)25(21)27(35)26-29(37)32(38)28(36)24(18(3)33)17(2)15-30(32,5)19(4)31(22,26)6/h7-14,17,19,24,26,34,38H,15H2,1-6H3/b22-14+. The van der Waals surface area contributed by atoms with Crippen LogP contribution in [0.4, 0.5) is 0 Å². The fourth-order valence-electron chi connectivity index (χ4n) is 7.87. The molecule has 7 atom stereocenters. The highest BCUT2D eigenvalue weighted by molar-refractivity contribution is 6.28. The van der Waals surface area contributed by atoms with Crippen molar-refractivity contribution in [3.63, 3.8) is 0 Å². The largest absolute Gasteiger partial charge is 0.507 e. The average Bonchev–Trinajstić information content (AvgIpc) is 2.84. The molecular weight excluding hydrogens is 480 g/mol. The number of benzene rings is 2. The van der Waals surface area contributed by atoms with Crippen molar-refractivity contribution < 1.29 is 29.4 Å². The van der Waals surface area contributed by atoms with Gasteiger partial charge in [-0.25, -0.2) is 0 Å². The van der Waals surface area contributed by atoms with Crippen molar-refractivity contribution in [1.82, 2.24) is 0 Å². The fourth-order valence-corrected chi connectivity index (χ4v) is 7.87. The van der Waals surface area contributed by atoms with Gasteiger partial charge in [-0.2, -0.15) is 0 Å². The Hall–Kier alpha value is -3.38. The molecule has 2 aromatic carbocycles. The Morgan fingerprint density at radius 3 is 2.24 bits per heavy atom. The van der Waals surface area contributed by atoms with Gasteiger partial charge in [-0.15, -0.1) is 0 Å². The fraction of sp³-hybridized carbons (Fsp3) is 0.438. The van der Waals surface area contributed by atoms with Crippen LogP contribution < -0.4 is 0 Å². The monoisotopic (exact) mass is 514 g/mol. The van der Waals surface area contributed by atoms with Gasteiger partial charge in [-0.05, 0) is 54.9 Å². The van der Waals surface area contributed by atoms with Crippen molar-refractivity contribution in [3.8, 4) is 5.75 Å². The van der Waals surface area contributed by atoms with Gasteiger partial charge in [-0.3, -0.25) is 19.2 Å². The molecule has 0 radical (unpaired) electrons. The Kier molecular flexibility index (Phi) is 5.74. The number of hydrogen-bond donors (Lipinski definition) is 2. The van der Waals surface area contributed by atoms with Crippen LogP contribution in [0.2, 0.25) is 0 Å². The van der Waals surface area contributed by atoms with Crippen LogP contribution in [0.25, 0.3) is 11.6 Å². The number of fused-ring (bicyclic) bond motifs is 3. The molecule has 5 rings (SSSR count). The lowest BCUT2D eigenvalue weighted by atomic mass is 9.37. The minimum Gasteiger partial charge on any atom is -0.507 e. The molecule has 38 heavy (non-hydrogen) atoms. The normalized spacial score (nSPS) is 37.4. The molecule has 0 amide bonds. The van der Waals surface area contributed by atoms with Crippen molar-refractivity contribution in [2.24, 2.45) is 34.5 Å². The topological polar surface area (TPSA) is 109 Å². The molecule has 0 heterocycles. The van der Waals surface area contributed by atoms with E-state index in [-0.39, 0.29) is 23.7 Å². The number of carbonyl (C=O) groups is 4. The molecule has 198 valence electrons. The second kappa shape index (κ2) is 8.31. The van der Waals surface area contributed by atoms with Crippen molar-refractivity contribution >= 4 is 34.8 Å². The van der Waals surface area contributed by atoms with E-state index in [1.807, 2.05) is 58.0 Å². The highest BCUT2D eigenvalue weighted by Crippen LogP contribution is 2.68. The van der Waals surface area contributed by atoms with E-state index >= 15 is 0 Å². The molecule has 0 bridgehead atoms. The Bertz CT molecular complexity index is 1430. The molecule has 2 fully saturated rings. The minimum atomic E-state index is -2.49. The van der Waals surface area contributed by atoms with Gasteiger partial charge in [-0.1, -0.05) is 75.7 Å². The molecular formula is C32H34O6. The zero-order valence-electron chi connectivity index (χ0n) is 22.7. The van der Waals surface area contributed by atoms with Crippen LogP contribution in [0.3, 0.4) is 0 Å². The summed E-state index contributed by atoms with van der Waals surface area (Å²) in [7, 11) is 0. The minimum absolute atomic E-state index is 0.0147. The van der Waals surface area contributed by atoms with Crippen LogP contribution in [0.15, 0.2) is 42.5 Å². The van der Waals surface area contributed by atoms with Crippen molar-refractivity contribution in [2.45, 2.75) is 53.6 Å². The van der Waals surface area contributed by atoms with Crippen LogP contribution >= 0.6 is 0 Å². The Labute approximate surface area is 222 Å². The molecule has 2 N–H and O–H groups in total. The van der Waals surface area contributed by atoms with Crippen LogP contribution in [0.5, 0.6) is 5.75 Å². The molecule has 0 saturated heterocycles. The van der Waals surface area contributed by atoms with Gasteiger partial charge in [0.15, 0.2) is 23.0 Å². The number of Topliss-reactive ketones (excluding diaryl/α,β-unsaturated/α-hetero) is 4. The summed E-state index contributed by atoms with van der Waals surface area (Å²) >= 11 is 0. The lowest BCUT2D eigenvalue weighted by molar-refractivity contribution is -0.206. The zero-order valence-corrected chi connectivity index (χ0v) is 22.7. The predicted molar refractivity (Wildman–Crippen MR) is 143 cm³/mol. The lowest BCUT2D eigenvalue weighted by Crippen LogP contribution is -2.76. The number of hydrogen-bond acceptors (Lipinski definition) is 6. The first-order valence-corrected chi connectivity index (χ1v) is 13.2. The van der Waals surface area contributed by atoms with E-state index in [1.54, 1.807) is 19.1 Å². The van der Waals surface area contributed by atoms with E-state index in [1.165, 1.54) is 13.0 Å². The van der Waals surface area contributed by atoms with Gasteiger partial charge in [0.2, 0.25) is 0 Å². The summed E-state index contributed by atoms with van der Waals surface area (Å²) in [5.41, 5.74) is -1.60. The number of phenolic OH excluding ortho intramolecular Hbond substituents is 1. The van der Waals surface area contributed by atoms with E-state index in [4.69, 9.17) is 0 Å². The van der Waals surface area contributed by atoms with Gasteiger partial charge in [0.05, 0.1) is 17.4 Å². The molecule has 2 aromatic rings. The van der Waals surface area contributed by atoms with Gasteiger partial charge >= 0.3 is 0 Å².